The molecule has 0 bridgehead atoms. The second-order valence-electron chi connectivity index (χ2n) is 3.98. The van der Waals surface area contributed by atoms with Gasteiger partial charge in [-0.1, -0.05) is 12.1 Å². The molecular weight excluding hydrogens is 229 g/mol. The van der Waals surface area contributed by atoms with Crippen LogP contribution in [-0.4, -0.2) is 12.4 Å². The number of halogens is 3. The van der Waals surface area contributed by atoms with Gasteiger partial charge in [-0.3, -0.25) is 4.99 Å². The molecule has 1 aromatic carbocycles. The zero-order chi connectivity index (χ0) is 12.3. The average molecular weight is 242 g/mol. The van der Waals surface area contributed by atoms with Gasteiger partial charge >= 0.3 is 6.18 Å². The normalized spacial score (nSPS) is 15.8. The first kappa shape index (κ1) is 12.0. The average Bonchev–Trinajstić information content (AvgIpc) is 2.78. The van der Waals surface area contributed by atoms with E-state index in [1.165, 1.54) is 12.1 Å². The van der Waals surface area contributed by atoms with Crippen LogP contribution in [0.4, 0.5) is 13.2 Å². The van der Waals surface area contributed by atoms with Gasteiger partial charge in [0.1, 0.15) is 0 Å². The summed E-state index contributed by atoms with van der Waals surface area (Å²) in [5, 5.41) is 3.06. The van der Waals surface area contributed by atoms with Crippen molar-refractivity contribution >= 4 is 5.84 Å². The van der Waals surface area contributed by atoms with Crippen LogP contribution in [0.1, 0.15) is 24.0 Å². The molecule has 0 saturated carbocycles. The first-order valence-corrected chi connectivity index (χ1v) is 5.49. The summed E-state index contributed by atoms with van der Waals surface area (Å²) in [5.41, 5.74) is 0.0135. The SMILES string of the molecule is FC(F)(F)c1cccc(CNC2=NCCC2)c1. The molecule has 1 N–H and O–H groups in total. The number of nitrogens with zero attached hydrogens (tertiary/aromatic N) is 1. The van der Waals surface area contributed by atoms with Crippen molar-refractivity contribution in [2.24, 2.45) is 4.99 Å². The molecule has 0 fully saturated rings. The lowest BCUT2D eigenvalue weighted by atomic mass is 10.1. The summed E-state index contributed by atoms with van der Waals surface area (Å²) in [6.07, 6.45) is -2.37. The van der Waals surface area contributed by atoms with E-state index >= 15 is 0 Å². The maximum atomic E-state index is 12.5. The summed E-state index contributed by atoms with van der Waals surface area (Å²) < 4.78 is 37.4. The Balaban J connectivity index is 2.01. The Labute approximate surface area is 97.6 Å². The van der Waals surface area contributed by atoms with Gasteiger partial charge in [-0.25, -0.2) is 0 Å². The second kappa shape index (κ2) is 4.77. The molecule has 17 heavy (non-hydrogen) atoms. The molecule has 1 heterocycles. The van der Waals surface area contributed by atoms with Crippen LogP contribution in [0.5, 0.6) is 0 Å². The van der Waals surface area contributed by atoms with E-state index in [0.717, 1.165) is 31.3 Å². The zero-order valence-electron chi connectivity index (χ0n) is 9.22. The Kier molecular flexibility index (Phi) is 3.36. The molecule has 0 atom stereocenters. The molecule has 92 valence electrons. The van der Waals surface area contributed by atoms with Crippen molar-refractivity contribution in [3.05, 3.63) is 35.4 Å². The summed E-state index contributed by atoms with van der Waals surface area (Å²) in [4.78, 5) is 4.21. The summed E-state index contributed by atoms with van der Waals surface area (Å²) in [5.74, 6) is 0.891. The maximum Gasteiger partial charge on any atom is 0.416 e. The van der Waals surface area contributed by atoms with Crippen molar-refractivity contribution < 1.29 is 13.2 Å². The van der Waals surface area contributed by atoms with E-state index in [-0.39, 0.29) is 0 Å². The first-order chi connectivity index (χ1) is 8.05. The lowest BCUT2D eigenvalue weighted by molar-refractivity contribution is -0.137. The number of benzene rings is 1. The van der Waals surface area contributed by atoms with Crippen molar-refractivity contribution in [1.82, 2.24) is 5.32 Å². The number of alkyl halides is 3. The summed E-state index contributed by atoms with van der Waals surface area (Å²) in [6.45, 7) is 1.20. The van der Waals surface area contributed by atoms with Gasteiger partial charge in [0.2, 0.25) is 0 Å². The number of rotatable bonds is 2. The molecule has 0 spiro atoms. The predicted molar refractivity (Wildman–Crippen MR) is 59.8 cm³/mol. The molecule has 1 aliphatic heterocycles. The van der Waals surface area contributed by atoms with Gasteiger partial charge in [-0.05, 0) is 24.1 Å². The lowest BCUT2D eigenvalue weighted by Crippen LogP contribution is -2.20. The number of aliphatic imine (C=N–C) groups is 1. The fraction of sp³-hybridized carbons (Fsp3) is 0.417. The van der Waals surface area contributed by atoms with Crippen molar-refractivity contribution in [2.45, 2.75) is 25.6 Å². The molecule has 2 rings (SSSR count). The van der Waals surface area contributed by atoms with Crippen molar-refractivity contribution in [3.63, 3.8) is 0 Å². The highest BCUT2D eigenvalue weighted by molar-refractivity contribution is 5.83. The van der Waals surface area contributed by atoms with E-state index in [0.29, 0.717) is 12.1 Å². The van der Waals surface area contributed by atoms with Crippen LogP contribution in [0.3, 0.4) is 0 Å². The first-order valence-electron chi connectivity index (χ1n) is 5.49. The fourth-order valence-electron chi connectivity index (χ4n) is 1.75. The Hall–Kier alpha value is -1.52. The van der Waals surface area contributed by atoms with Crippen molar-refractivity contribution in [3.8, 4) is 0 Å². The molecule has 1 aliphatic rings. The van der Waals surface area contributed by atoms with Crippen molar-refractivity contribution in [2.75, 3.05) is 6.54 Å². The Morgan fingerprint density at radius 1 is 1.29 bits per heavy atom. The van der Waals surface area contributed by atoms with Gasteiger partial charge in [-0.2, -0.15) is 13.2 Å². The van der Waals surface area contributed by atoms with E-state index in [2.05, 4.69) is 10.3 Å². The van der Waals surface area contributed by atoms with E-state index in [4.69, 9.17) is 0 Å². The largest absolute Gasteiger partial charge is 0.416 e. The van der Waals surface area contributed by atoms with Gasteiger partial charge in [0.25, 0.3) is 0 Å². The highest BCUT2D eigenvalue weighted by Gasteiger charge is 2.30. The lowest BCUT2D eigenvalue weighted by Gasteiger charge is -2.10. The third kappa shape index (κ3) is 3.22. The third-order valence-electron chi connectivity index (χ3n) is 2.63. The maximum absolute atomic E-state index is 12.5. The number of hydrogen-bond donors (Lipinski definition) is 1. The molecule has 1 aromatic rings. The molecule has 0 radical (unpaired) electrons. The fourth-order valence-corrected chi connectivity index (χ4v) is 1.75. The topological polar surface area (TPSA) is 24.4 Å². The van der Waals surface area contributed by atoms with Crippen LogP contribution in [0.15, 0.2) is 29.3 Å². The Morgan fingerprint density at radius 2 is 2.12 bits per heavy atom. The molecule has 0 aromatic heterocycles. The zero-order valence-corrected chi connectivity index (χ0v) is 9.22. The van der Waals surface area contributed by atoms with Gasteiger partial charge in [0.15, 0.2) is 0 Å². The molecule has 0 amide bonds. The van der Waals surface area contributed by atoms with E-state index in [1.807, 2.05) is 0 Å². The molecular formula is C12H13F3N2. The third-order valence-corrected chi connectivity index (χ3v) is 2.63. The second-order valence-corrected chi connectivity index (χ2v) is 3.98. The van der Waals surface area contributed by atoms with Crippen LogP contribution >= 0.6 is 0 Å². The Bertz CT molecular complexity index is 424. The Morgan fingerprint density at radius 3 is 2.76 bits per heavy atom. The summed E-state index contributed by atoms with van der Waals surface area (Å²) in [6, 6.07) is 5.35. The number of hydrogen-bond acceptors (Lipinski definition) is 2. The van der Waals surface area contributed by atoms with Crippen LogP contribution in [0, 0.1) is 0 Å². The number of nitrogens with one attached hydrogen (secondary N) is 1. The van der Waals surface area contributed by atoms with E-state index in [1.54, 1.807) is 6.07 Å². The van der Waals surface area contributed by atoms with Crippen LogP contribution in [0.2, 0.25) is 0 Å². The standard InChI is InChI=1S/C12H13F3N2/c13-12(14,15)10-4-1-3-9(7-10)8-17-11-5-2-6-16-11/h1,3-4,7H,2,5-6,8H2,(H,16,17). The van der Waals surface area contributed by atoms with E-state index < -0.39 is 11.7 Å². The highest BCUT2D eigenvalue weighted by Crippen LogP contribution is 2.29. The van der Waals surface area contributed by atoms with Crippen molar-refractivity contribution in [1.29, 1.82) is 0 Å². The van der Waals surface area contributed by atoms with Gasteiger partial charge in [-0.15, -0.1) is 0 Å². The van der Waals surface area contributed by atoms with Crippen LogP contribution < -0.4 is 5.32 Å². The minimum Gasteiger partial charge on any atom is -0.370 e. The van der Waals surface area contributed by atoms with Crippen LogP contribution in [0.25, 0.3) is 0 Å². The summed E-state index contributed by atoms with van der Waals surface area (Å²) >= 11 is 0. The van der Waals surface area contributed by atoms with Gasteiger partial charge in [0, 0.05) is 19.5 Å². The predicted octanol–water partition coefficient (Wildman–Crippen LogP) is 2.99. The van der Waals surface area contributed by atoms with E-state index in [9.17, 15) is 13.2 Å². The van der Waals surface area contributed by atoms with Crippen LogP contribution in [-0.2, 0) is 12.7 Å². The van der Waals surface area contributed by atoms with Gasteiger partial charge in [0.05, 0.1) is 11.4 Å². The number of amidine groups is 1. The molecule has 5 heteroatoms. The molecule has 0 unspecified atom stereocenters. The highest BCUT2D eigenvalue weighted by atomic mass is 19.4. The van der Waals surface area contributed by atoms with Gasteiger partial charge < -0.3 is 5.32 Å². The minimum atomic E-state index is -4.28. The minimum absolute atomic E-state index is 0.392. The molecule has 0 saturated heterocycles. The molecule has 0 aliphatic carbocycles. The smallest absolute Gasteiger partial charge is 0.370 e. The molecule has 2 nitrogen and oxygen atoms in total. The summed E-state index contributed by atoms with van der Waals surface area (Å²) in [7, 11) is 0. The monoisotopic (exact) mass is 242 g/mol. The quantitative estimate of drug-likeness (QED) is 0.847.